The number of rotatable bonds is 5. The number of aromatic nitrogens is 2. The first-order valence-corrected chi connectivity index (χ1v) is 13.2. The fourth-order valence-corrected chi connectivity index (χ4v) is 5.03. The lowest BCUT2D eigenvalue weighted by atomic mass is 9.99. The van der Waals surface area contributed by atoms with Crippen LogP contribution in [0.15, 0.2) is 29.6 Å². The number of hydrogen-bond donors (Lipinski definition) is 1. The van der Waals surface area contributed by atoms with Crippen molar-refractivity contribution < 1.29 is 27.5 Å². The summed E-state index contributed by atoms with van der Waals surface area (Å²) in [6.07, 6.45) is 0.531. The average Bonchev–Trinajstić information content (AvgIpc) is 3.69. The summed E-state index contributed by atoms with van der Waals surface area (Å²) in [5, 5.41) is 8.79. The highest BCUT2D eigenvalue weighted by Gasteiger charge is 2.32. The van der Waals surface area contributed by atoms with Gasteiger partial charge < -0.3 is 4.74 Å². The van der Waals surface area contributed by atoms with Crippen molar-refractivity contribution in [3.8, 4) is 28.7 Å². The van der Waals surface area contributed by atoms with Gasteiger partial charge in [0.1, 0.15) is 17.3 Å². The lowest BCUT2D eigenvalue weighted by Crippen LogP contribution is -2.43. The van der Waals surface area contributed by atoms with Crippen LogP contribution in [0, 0.1) is 17.8 Å². The number of ether oxygens (including phenoxy) is 1. The third kappa shape index (κ3) is 5.80. The van der Waals surface area contributed by atoms with E-state index in [4.69, 9.17) is 4.74 Å². The number of amides is 2. The molecule has 1 saturated carbocycles. The molecule has 1 saturated heterocycles. The predicted molar refractivity (Wildman–Crippen MR) is 140 cm³/mol. The first-order chi connectivity index (χ1) is 18.7. The van der Waals surface area contributed by atoms with Crippen LogP contribution in [-0.2, 0) is 4.79 Å². The molecule has 2 amide bonds. The molecule has 0 spiro atoms. The van der Waals surface area contributed by atoms with Crippen molar-refractivity contribution in [1.29, 1.82) is 0 Å². The Bertz CT molecular complexity index is 1390. The number of piperidine rings is 1. The molecule has 9 nitrogen and oxygen atoms in total. The summed E-state index contributed by atoms with van der Waals surface area (Å²) in [7, 11) is 3.09. The summed E-state index contributed by atoms with van der Waals surface area (Å²) in [6, 6.07) is 2.52. The maximum absolute atomic E-state index is 14.2. The molecule has 2 aromatic rings. The number of methoxy groups -OCH3 is 1. The van der Waals surface area contributed by atoms with Gasteiger partial charge in [-0.05, 0) is 49.6 Å². The SMILES string of the molecule is COc1cnc(C(F)F)cc1-c1cc(N2CCCC(F)C2=O)ncc1C(=O)NC1=NN(C)C(C#CC2CC2)S1. The Labute approximate surface area is 227 Å². The third-order valence-corrected chi connectivity index (χ3v) is 7.48. The molecule has 0 radical (unpaired) electrons. The molecule has 5 rings (SSSR count). The minimum absolute atomic E-state index is 0.0168. The van der Waals surface area contributed by atoms with E-state index in [-0.39, 0.29) is 46.6 Å². The molecule has 4 heterocycles. The molecule has 2 fully saturated rings. The van der Waals surface area contributed by atoms with Crippen molar-refractivity contribution in [2.75, 3.05) is 25.6 Å². The highest BCUT2D eigenvalue weighted by molar-refractivity contribution is 8.14. The minimum Gasteiger partial charge on any atom is -0.494 e. The molecule has 0 bridgehead atoms. The maximum Gasteiger partial charge on any atom is 0.280 e. The molecule has 1 N–H and O–H groups in total. The van der Waals surface area contributed by atoms with Crippen LogP contribution in [0.4, 0.5) is 19.0 Å². The van der Waals surface area contributed by atoms with Crippen molar-refractivity contribution in [3.63, 3.8) is 0 Å². The number of hydrogen-bond acceptors (Lipinski definition) is 8. The van der Waals surface area contributed by atoms with Crippen LogP contribution in [0.2, 0.25) is 0 Å². The van der Waals surface area contributed by atoms with Gasteiger partial charge in [-0.15, -0.1) is 0 Å². The Morgan fingerprint density at radius 3 is 2.69 bits per heavy atom. The third-order valence-electron chi connectivity index (χ3n) is 6.43. The van der Waals surface area contributed by atoms with Gasteiger partial charge in [0.2, 0.25) is 0 Å². The van der Waals surface area contributed by atoms with Gasteiger partial charge in [0, 0.05) is 36.8 Å². The Balaban J connectivity index is 1.51. The van der Waals surface area contributed by atoms with Crippen LogP contribution < -0.4 is 15.0 Å². The summed E-state index contributed by atoms with van der Waals surface area (Å²) in [6.45, 7) is 0.232. The number of alkyl halides is 3. The zero-order chi connectivity index (χ0) is 27.7. The average molecular weight is 559 g/mol. The molecule has 1 aliphatic carbocycles. The molecule has 2 atom stereocenters. The van der Waals surface area contributed by atoms with Crippen molar-refractivity contribution >= 4 is 34.6 Å². The Morgan fingerprint density at radius 1 is 1.18 bits per heavy atom. The number of amidine groups is 1. The molecule has 3 aliphatic rings. The Kier molecular flexibility index (Phi) is 7.65. The van der Waals surface area contributed by atoms with Gasteiger partial charge in [-0.25, -0.2) is 18.2 Å². The molecular weight excluding hydrogens is 533 g/mol. The number of pyridine rings is 2. The monoisotopic (exact) mass is 558 g/mol. The number of carbonyl (C=O) groups is 2. The standard InChI is InChI=1S/C26H25F3N6O3S/c1-34-22(8-7-14-5-6-14)39-26(33-34)32-24(36)17-12-31-21(35-9-3-4-18(27)25(35)37)11-15(17)16-10-19(23(28)29)30-13-20(16)38-2/h10-14,18,22-23H,3-6,9H2,1-2H3,(H,32,33,36). The Morgan fingerprint density at radius 2 is 1.97 bits per heavy atom. The molecule has 204 valence electrons. The number of halogens is 3. The molecular formula is C26H25F3N6O3S. The lowest BCUT2D eigenvalue weighted by Gasteiger charge is -2.28. The van der Waals surface area contributed by atoms with Gasteiger partial charge in [0.25, 0.3) is 18.2 Å². The van der Waals surface area contributed by atoms with E-state index >= 15 is 0 Å². The Hall–Kier alpha value is -3.79. The van der Waals surface area contributed by atoms with Crippen LogP contribution in [0.1, 0.15) is 48.2 Å². The molecule has 2 unspecified atom stereocenters. The predicted octanol–water partition coefficient (Wildman–Crippen LogP) is 3.97. The zero-order valence-corrected chi connectivity index (χ0v) is 22.0. The number of nitrogens with zero attached hydrogens (tertiary/aromatic N) is 5. The first-order valence-electron chi connectivity index (χ1n) is 12.3. The van der Waals surface area contributed by atoms with Crippen molar-refractivity contribution in [3.05, 3.63) is 35.8 Å². The summed E-state index contributed by atoms with van der Waals surface area (Å²) >= 11 is 1.28. The van der Waals surface area contributed by atoms with Crippen molar-refractivity contribution in [2.24, 2.45) is 11.0 Å². The maximum atomic E-state index is 14.2. The van der Waals surface area contributed by atoms with Gasteiger partial charge in [-0.2, -0.15) is 5.10 Å². The van der Waals surface area contributed by atoms with E-state index in [0.29, 0.717) is 17.5 Å². The second-order valence-electron chi connectivity index (χ2n) is 9.26. The van der Waals surface area contributed by atoms with E-state index in [1.165, 1.54) is 36.0 Å². The van der Waals surface area contributed by atoms with Crippen LogP contribution in [-0.4, -0.2) is 64.2 Å². The molecule has 2 aromatic heterocycles. The smallest absolute Gasteiger partial charge is 0.280 e. The summed E-state index contributed by atoms with van der Waals surface area (Å²) in [4.78, 5) is 35.2. The highest BCUT2D eigenvalue weighted by atomic mass is 32.2. The molecule has 39 heavy (non-hydrogen) atoms. The number of anilines is 1. The summed E-state index contributed by atoms with van der Waals surface area (Å²) in [5.41, 5.74) is -0.204. The van der Waals surface area contributed by atoms with Crippen LogP contribution in [0.5, 0.6) is 5.75 Å². The largest absolute Gasteiger partial charge is 0.494 e. The zero-order valence-electron chi connectivity index (χ0n) is 21.2. The lowest BCUT2D eigenvalue weighted by molar-refractivity contribution is -0.124. The number of hydrazone groups is 1. The molecule has 0 aromatic carbocycles. The highest BCUT2D eigenvalue weighted by Crippen LogP contribution is 2.37. The minimum atomic E-state index is -2.88. The summed E-state index contributed by atoms with van der Waals surface area (Å²) < 4.78 is 46.6. The van der Waals surface area contributed by atoms with Gasteiger partial charge in [-0.1, -0.05) is 11.8 Å². The second kappa shape index (κ2) is 11.1. The quantitative estimate of drug-likeness (QED) is 0.555. The summed E-state index contributed by atoms with van der Waals surface area (Å²) in [5.74, 6) is 5.62. The van der Waals surface area contributed by atoms with Crippen LogP contribution in [0.3, 0.4) is 0 Å². The van der Waals surface area contributed by atoms with E-state index in [0.717, 1.165) is 25.1 Å². The van der Waals surface area contributed by atoms with Crippen molar-refractivity contribution in [1.82, 2.24) is 20.3 Å². The fourth-order valence-electron chi connectivity index (χ4n) is 4.17. The normalized spacial score (nSPS) is 21.0. The van der Waals surface area contributed by atoms with E-state index in [1.807, 2.05) is 0 Å². The molecule has 13 heteroatoms. The first kappa shape index (κ1) is 26.8. The molecule has 2 aliphatic heterocycles. The second-order valence-corrected chi connectivity index (χ2v) is 10.3. The van der Waals surface area contributed by atoms with E-state index in [1.54, 1.807) is 12.1 Å². The van der Waals surface area contributed by atoms with Crippen LogP contribution >= 0.6 is 11.8 Å². The van der Waals surface area contributed by atoms with Gasteiger partial charge in [0.15, 0.2) is 16.7 Å². The van der Waals surface area contributed by atoms with Gasteiger partial charge in [0.05, 0.1) is 18.9 Å². The number of nitrogens with one attached hydrogen (secondary N) is 1. The van der Waals surface area contributed by atoms with Crippen molar-refractivity contribution in [2.45, 2.75) is 43.7 Å². The fraction of sp³-hybridized carbons (Fsp3) is 0.423. The van der Waals surface area contributed by atoms with E-state index in [9.17, 15) is 22.8 Å². The number of carbonyl (C=O) groups excluding carboxylic acids is 2. The van der Waals surface area contributed by atoms with E-state index in [2.05, 4.69) is 32.2 Å². The topological polar surface area (TPSA) is 100 Å². The van der Waals surface area contributed by atoms with E-state index < -0.39 is 30.1 Å². The van der Waals surface area contributed by atoms with Crippen LogP contribution in [0.25, 0.3) is 11.1 Å². The number of thioether (sulfide) groups is 1. The van der Waals surface area contributed by atoms with Gasteiger partial charge in [-0.3, -0.25) is 29.8 Å². The van der Waals surface area contributed by atoms with Gasteiger partial charge >= 0.3 is 0 Å².